The second-order valence-corrected chi connectivity index (χ2v) is 8.74. The van der Waals surface area contributed by atoms with Crippen molar-refractivity contribution in [1.82, 2.24) is 4.98 Å². The molecule has 3 aromatic rings. The molecule has 0 saturated heterocycles. The lowest BCUT2D eigenvalue weighted by Gasteiger charge is -2.03. The summed E-state index contributed by atoms with van der Waals surface area (Å²) in [6.45, 7) is 1.69. The van der Waals surface area contributed by atoms with E-state index >= 15 is 0 Å². The molecule has 0 spiro atoms. The van der Waals surface area contributed by atoms with Gasteiger partial charge < -0.3 is 5.32 Å². The minimum atomic E-state index is -3.77. The molecule has 3 N–H and O–H groups in total. The molecule has 0 radical (unpaired) electrons. The minimum absolute atomic E-state index is 0.00878. The molecule has 0 unspecified atom stereocenters. The number of sulfonamides is 1. The van der Waals surface area contributed by atoms with Crippen molar-refractivity contribution in [2.24, 2.45) is 5.14 Å². The van der Waals surface area contributed by atoms with Gasteiger partial charge in [-0.3, -0.25) is 14.9 Å². The fourth-order valence-corrected chi connectivity index (χ4v) is 3.94. The number of primary sulfonamides is 1. The number of ketones is 1. The zero-order chi connectivity index (χ0) is 21.9. The van der Waals surface area contributed by atoms with E-state index in [2.05, 4.69) is 10.3 Å². The molecule has 0 atom stereocenters. The lowest BCUT2D eigenvalue weighted by Crippen LogP contribution is -2.11. The van der Waals surface area contributed by atoms with E-state index in [-0.39, 0.29) is 16.4 Å². The number of non-ortho nitro benzene ring substituents is 1. The van der Waals surface area contributed by atoms with E-state index in [9.17, 15) is 23.3 Å². The number of thiazole rings is 1. The Morgan fingerprint density at radius 3 is 2.57 bits per heavy atom. The van der Waals surface area contributed by atoms with E-state index in [1.54, 1.807) is 31.2 Å². The first-order valence-electron chi connectivity index (χ1n) is 8.47. The van der Waals surface area contributed by atoms with Gasteiger partial charge in [0.05, 0.1) is 20.4 Å². The van der Waals surface area contributed by atoms with Crippen molar-refractivity contribution in [3.05, 3.63) is 80.9 Å². The number of anilines is 2. The second-order valence-electron chi connectivity index (χ2n) is 6.18. The van der Waals surface area contributed by atoms with Gasteiger partial charge in [-0.15, -0.1) is 0 Å². The smallest absolute Gasteiger partial charge is 0.270 e. The van der Waals surface area contributed by atoms with Crippen LogP contribution in [0, 0.1) is 17.0 Å². The molecule has 2 aromatic carbocycles. The van der Waals surface area contributed by atoms with Gasteiger partial charge >= 0.3 is 0 Å². The van der Waals surface area contributed by atoms with Crippen LogP contribution >= 0.6 is 11.3 Å². The average Bonchev–Trinajstić information content (AvgIpc) is 3.06. The number of aromatic nitrogens is 1. The molecule has 11 heteroatoms. The van der Waals surface area contributed by atoms with Gasteiger partial charge in [0.1, 0.15) is 0 Å². The number of nitrogens with zero attached hydrogens (tertiary/aromatic N) is 2. The number of rotatable bonds is 7. The highest BCUT2D eigenvalue weighted by Gasteiger charge is 2.14. The monoisotopic (exact) mass is 444 g/mol. The van der Waals surface area contributed by atoms with Gasteiger partial charge in [0.15, 0.2) is 10.9 Å². The molecule has 1 aromatic heterocycles. The Morgan fingerprint density at radius 1 is 1.23 bits per heavy atom. The first kappa shape index (κ1) is 21.3. The lowest BCUT2D eigenvalue weighted by molar-refractivity contribution is -0.384. The number of nitro groups is 1. The number of carbonyl (C=O) groups is 1. The topological polar surface area (TPSA) is 145 Å². The highest BCUT2D eigenvalue weighted by Crippen LogP contribution is 2.27. The van der Waals surface area contributed by atoms with Crippen LogP contribution in [-0.4, -0.2) is 24.1 Å². The van der Waals surface area contributed by atoms with E-state index in [4.69, 9.17) is 5.14 Å². The number of allylic oxidation sites excluding steroid dienone is 1. The van der Waals surface area contributed by atoms with E-state index in [0.29, 0.717) is 27.0 Å². The van der Waals surface area contributed by atoms with Crippen LogP contribution < -0.4 is 10.5 Å². The number of nitro benzene ring substituents is 1. The van der Waals surface area contributed by atoms with Crippen LogP contribution in [0.25, 0.3) is 6.08 Å². The van der Waals surface area contributed by atoms with Gasteiger partial charge in [-0.25, -0.2) is 18.5 Å². The zero-order valence-corrected chi connectivity index (χ0v) is 17.2. The van der Waals surface area contributed by atoms with Crippen LogP contribution in [0.2, 0.25) is 0 Å². The number of carbonyl (C=O) groups excluding carboxylic acids is 1. The average molecular weight is 444 g/mol. The summed E-state index contributed by atoms with van der Waals surface area (Å²) < 4.78 is 22.6. The van der Waals surface area contributed by atoms with Crippen LogP contribution in [0.3, 0.4) is 0 Å². The summed E-state index contributed by atoms with van der Waals surface area (Å²) in [6, 6.07) is 11.8. The fourth-order valence-electron chi connectivity index (χ4n) is 2.52. The van der Waals surface area contributed by atoms with Crippen LogP contribution in [0.4, 0.5) is 16.5 Å². The molecule has 0 aliphatic heterocycles. The maximum atomic E-state index is 12.5. The zero-order valence-electron chi connectivity index (χ0n) is 15.6. The van der Waals surface area contributed by atoms with Crippen molar-refractivity contribution >= 4 is 49.7 Å². The Balaban J connectivity index is 1.74. The SMILES string of the molecule is Cc1nc(Nc2ccc(S(N)(=O)=O)cc2)sc1C(=O)/C=C/c1cccc([N+](=O)[O-])c1. The van der Waals surface area contributed by atoms with Gasteiger partial charge in [0, 0.05) is 17.8 Å². The predicted octanol–water partition coefficient (Wildman–Crippen LogP) is 3.65. The van der Waals surface area contributed by atoms with E-state index in [0.717, 1.165) is 11.3 Å². The molecule has 9 nitrogen and oxygen atoms in total. The molecule has 0 aliphatic rings. The summed E-state index contributed by atoms with van der Waals surface area (Å²) in [7, 11) is -3.77. The Labute approximate surface area is 176 Å². The molecular weight excluding hydrogens is 428 g/mol. The number of aryl methyl sites for hydroxylation is 1. The van der Waals surface area contributed by atoms with Gasteiger partial charge in [-0.2, -0.15) is 0 Å². The second kappa shape index (κ2) is 8.53. The Kier molecular flexibility index (Phi) is 6.06. The van der Waals surface area contributed by atoms with Crippen LogP contribution in [0.1, 0.15) is 20.9 Å². The Bertz CT molecular complexity index is 1250. The van der Waals surface area contributed by atoms with Crippen LogP contribution in [0.15, 0.2) is 59.5 Å². The number of nitrogens with two attached hydrogens (primary N) is 1. The van der Waals surface area contributed by atoms with Crippen LogP contribution in [0.5, 0.6) is 0 Å². The molecule has 1 heterocycles. The highest BCUT2D eigenvalue weighted by molar-refractivity contribution is 7.89. The molecule has 0 bridgehead atoms. The van der Waals surface area contributed by atoms with Crippen LogP contribution in [-0.2, 0) is 10.0 Å². The number of nitrogens with one attached hydrogen (secondary N) is 1. The predicted molar refractivity (Wildman–Crippen MR) is 114 cm³/mol. The standard InChI is InChI=1S/C19H16N4O5S2/c1-12-18(17(24)10-5-13-3-2-4-15(11-13)23(25)26)29-19(21-12)22-14-6-8-16(9-7-14)30(20,27)28/h2-11H,1H3,(H,21,22)(H2,20,27,28)/b10-5+. The number of benzene rings is 2. The molecular formula is C19H16N4O5S2. The van der Waals surface area contributed by atoms with E-state index in [1.165, 1.54) is 36.4 Å². The largest absolute Gasteiger partial charge is 0.332 e. The summed E-state index contributed by atoms with van der Waals surface area (Å²) in [5.74, 6) is -0.283. The third kappa shape index (κ3) is 5.14. The fraction of sp³-hybridized carbons (Fsp3) is 0.0526. The normalized spacial score (nSPS) is 11.5. The minimum Gasteiger partial charge on any atom is -0.332 e. The van der Waals surface area contributed by atoms with Crippen molar-refractivity contribution in [3.63, 3.8) is 0 Å². The first-order valence-corrected chi connectivity index (χ1v) is 10.8. The molecule has 3 rings (SSSR count). The lowest BCUT2D eigenvalue weighted by atomic mass is 10.1. The van der Waals surface area contributed by atoms with Crippen molar-refractivity contribution in [3.8, 4) is 0 Å². The summed E-state index contributed by atoms with van der Waals surface area (Å²) in [6.07, 6.45) is 2.85. The quantitative estimate of drug-likeness (QED) is 0.245. The van der Waals surface area contributed by atoms with Crippen molar-refractivity contribution in [2.75, 3.05) is 5.32 Å². The van der Waals surface area contributed by atoms with Gasteiger partial charge in [0.25, 0.3) is 5.69 Å². The molecule has 0 saturated carbocycles. The summed E-state index contributed by atoms with van der Waals surface area (Å²) in [5.41, 5.74) is 1.59. The molecule has 0 amide bonds. The molecule has 0 aliphatic carbocycles. The van der Waals surface area contributed by atoms with E-state index in [1.807, 2.05) is 0 Å². The first-order chi connectivity index (χ1) is 14.1. The Morgan fingerprint density at radius 2 is 1.93 bits per heavy atom. The van der Waals surface area contributed by atoms with Gasteiger partial charge in [-0.05, 0) is 42.8 Å². The maximum Gasteiger partial charge on any atom is 0.270 e. The number of hydrogen-bond donors (Lipinski definition) is 2. The maximum absolute atomic E-state index is 12.5. The van der Waals surface area contributed by atoms with Gasteiger partial charge in [-0.1, -0.05) is 29.5 Å². The summed E-state index contributed by atoms with van der Waals surface area (Å²) >= 11 is 1.14. The van der Waals surface area contributed by atoms with Crippen molar-refractivity contribution in [1.29, 1.82) is 0 Å². The molecule has 0 fully saturated rings. The third-order valence-electron chi connectivity index (χ3n) is 3.96. The Hall–Kier alpha value is -3.41. The molecule has 154 valence electrons. The summed E-state index contributed by atoms with van der Waals surface area (Å²) in [5, 5.41) is 19.4. The number of hydrogen-bond acceptors (Lipinski definition) is 8. The molecule has 30 heavy (non-hydrogen) atoms. The van der Waals surface area contributed by atoms with Gasteiger partial charge in [0.2, 0.25) is 10.0 Å². The third-order valence-corrected chi connectivity index (χ3v) is 5.98. The summed E-state index contributed by atoms with van der Waals surface area (Å²) in [4.78, 5) is 27.6. The van der Waals surface area contributed by atoms with Crippen molar-refractivity contribution < 1.29 is 18.1 Å². The van der Waals surface area contributed by atoms with Crippen molar-refractivity contribution in [2.45, 2.75) is 11.8 Å². The van der Waals surface area contributed by atoms with E-state index < -0.39 is 14.9 Å². The highest BCUT2D eigenvalue weighted by atomic mass is 32.2.